The fraction of sp³-hybridized carbons (Fsp3) is 0. The van der Waals surface area contributed by atoms with Gasteiger partial charge in [0.05, 0.1) is 5.69 Å². The molecule has 0 bridgehead atoms. The van der Waals surface area contributed by atoms with Crippen LogP contribution in [0.3, 0.4) is 0 Å². The summed E-state index contributed by atoms with van der Waals surface area (Å²) >= 11 is 2.92. The van der Waals surface area contributed by atoms with Gasteiger partial charge in [-0.05, 0) is 18.2 Å². The van der Waals surface area contributed by atoms with Gasteiger partial charge in [0.1, 0.15) is 5.82 Å². The number of halogens is 2. The summed E-state index contributed by atoms with van der Waals surface area (Å²) < 4.78 is 34.9. The minimum Gasteiger partial charge on any atom is -0.755 e. The Labute approximate surface area is 104 Å². The quantitative estimate of drug-likeness (QED) is 0.616. The molecule has 0 spiro atoms. The molecule has 1 aromatic carbocycles. The van der Waals surface area contributed by atoms with E-state index in [-0.39, 0.29) is 40.3 Å². The summed E-state index contributed by atoms with van der Waals surface area (Å²) in [6.07, 6.45) is 0. The Morgan fingerprint density at radius 3 is 2.62 bits per heavy atom. The van der Waals surface area contributed by atoms with Gasteiger partial charge in [-0.2, -0.15) is 0 Å². The second-order valence-electron chi connectivity index (χ2n) is 1.96. The summed E-state index contributed by atoms with van der Waals surface area (Å²) in [6.45, 7) is 0. The molecule has 67 valence electrons. The van der Waals surface area contributed by atoms with E-state index in [1.165, 1.54) is 12.1 Å². The van der Waals surface area contributed by atoms with Crippen molar-refractivity contribution in [2.45, 2.75) is 0 Å². The van der Waals surface area contributed by atoms with Crippen molar-refractivity contribution in [1.82, 2.24) is 0 Å². The van der Waals surface area contributed by atoms with Crippen molar-refractivity contribution in [2.24, 2.45) is 0 Å². The topological polar surface area (TPSA) is 52.2 Å². The summed E-state index contributed by atoms with van der Waals surface area (Å²) in [6, 6.07) is 3.66. The first-order valence-corrected chi connectivity index (χ1v) is 4.36. The van der Waals surface area contributed by atoms with Crippen LogP contribution in [0.25, 0.3) is 0 Å². The van der Waals surface area contributed by atoms with Gasteiger partial charge in [0.15, 0.2) is 0 Å². The summed E-state index contributed by atoms with van der Waals surface area (Å²) in [7, 11) is 0. The van der Waals surface area contributed by atoms with Crippen molar-refractivity contribution in [2.75, 3.05) is 4.72 Å². The number of benzene rings is 1. The van der Waals surface area contributed by atoms with E-state index in [0.717, 1.165) is 6.07 Å². The summed E-state index contributed by atoms with van der Waals surface area (Å²) in [5.41, 5.74) is -0.118. The van der Waals surface area contributed by atoms with Gasteiger partial charge in [-0.1, -0.05) is 11.6 Å². The van der Waals surface area contributed by atoms with Crippen molar-refractivity contribution in [3.63, 3.8) is 0 Å². The predicted molar refractivity (Wildman–Crippen MR) is 49.7 cm³/mol. The van der Waals surface area contributed by atoms with Crippen molar-refractivity contribution < 1.29 is 13.2 Å². The van der Waals surface area contributed by atoms with Gasteiger partial charge in [-0.3, -0.25) is 4.21 Å². The minimum absolute atomic E-state index is 0. The number of nitrogens with one attached hydrogen (secondary N) is 1. The number of anilines is 1. The largest absolute Gasteiger partial charge is 0.755 e. The molecule has 1 unspecified atom stereocenters. The first-order valence-electron chi connectivity index (χ1n) is 2.90. The molecule has 0 saturated carbocycles. The van der Waals surface area contributed by atoms with Gasteiger partial charge in [0, 0.05) is 45.8 Å². The Balaban J connectivity index is 0.00000144. The first-order chi connectivity index (χ1) is 5.59. The number of hydrogen-bond acceptors (Lipinski definition) is 2. The molecule has 0 heterocycles. The Morgan fingerprint density at radius 2 is 2.15 bits per heavy atom. The Hall–Kier alpha value is 0.350. The maximum Gasteiger partial charge on any atom is 0.148 e. The van der Waals surface area contributed by atoms with Crippen LogP contribution in [0.1, 0.15) is 0 Å². The maximum atomic E-state index is 12.8. The van der Waals surface area contributed by atoms with Crippen LogP contribution in [0, 0.1) is 5.82 Å². The van der Waals surface area contributed by atoms with Gasteiger partial charge in [0.2, 0.25) is 0 Å². The third-order valence-electron chi connectivity index (χ3n) is 1.12. The minimum atomic E-state index is -2.52. The molecule has 3 nitrogen and oxygen atoms in total. The van der Waals surface area contributed by atoms with Crippen molar-refractivity contribution in [3.8, 4) is 0 Å². The SMILES string of the molecule is O=S([O-])Nc1ccc(Cl)cc1F.[Na]. The van der Waals surface area contributed by atoms with Crippen LogP contribution in [0.5, 0.6) is 0 Å². The molecule has 0 aromatic heterocycles. The zero-order chi connectivity index (χ0) is 9.14. The van der Waals surface area contributed by atoms with Crippen LogP contribution in [-0.2, 0) is 11.3 Å². The molecule has 0 aliphatic carbocycles. The molecule has 1 atom stereocenters. The van der Waals surface area contributed by atoms with Crippen LogP contribution in [0.4, 0.5) is 10.1 Å². The van der Waals surface area contributed by atoms with E-state index in [0.29, 0.717) is 0 Å². The number of hydrogen-bond donors (Lipinski definition) is 1. The molecule has 1 aromatic rings. The average Bonchev–Trinajstić information content (AvgIpc) is 1.94. The molecule has 0 aliphatic rings. The first kappa shape index (κ1) is 13.4. The molecule has 1 radical (unpaired) electrons. The van der Waals surface area contributed by atoms with Gasteiger partial charge in [-0.15, -0.1) is 0 Å². The Kier molecular flexibility index (Phi) is 6.11. The Morgan fingerprint density at radius 1 is 1.54 bits per heavy atom. The summed E-state index contributed by atoms with van der Waals surface area (Å²) in [5.74, 6) is -0.702. The molecular weight excluding hydrogens is 228 g/mol. The fourth-order valence-corrected chi connectivity index (χ4v) is 1.17. The second kappa shape index (κ2) is 5.95. The zero-order valence-corrected chi connectivity index (χ0v) is 10.3. The number of rotatable bonds is 2. The third kappa shape index (κ3) is 4.39. The molecule has 0 amide bonds. The molecule has 7 heteroatoms. The normalized spacial score (nSPS) is 11.6. The molecule has 0 fully saturated rings. The molecule has 1 N–H and O–H groups in total. The fourth-order valence-electron chi connectivity index (χ4n) is 0.662. The second-order valence-corrected chi connectivity index (χ2v) is 3.07. The van der Waals surface area contributed by atoms with E-state index in [4.69, 9.17) is 11.6 Å². The molecule has 0 aliphatic heterocycles. The standard InChI is InChI=1S/C6H5ClFNO2S.Na/c7-4-1-2-6(5(8)3-4)9-12(10)11;/h1-3,9H,(H,10,11);/p-1. The predicted octanol–water partition coefficient (Wildman–Crippen LogP) is 1.30. The van der Waals surface area contributed by atoms with E-state index in [1.807, 2.05) is 4.72 Å². The van der Waals surface area contributed by atoms with Crippen molar-refractivity contribution in [3.05, 3.63) is 29.0 Å². The maximum absolute atomic E-state index is 12.8. The third-order valence-corrected chi connectivity index (χ3v) is 1.75. The van der Waals surface area contributed by atoms with E-state index >= 15 is 0 Å². The van der Waals surface area contributed by atoms with Crippen LogP contribution in [0.15, 0.2) is 18.2 Å². The van der Waals surface area contributed by atoms with Crippen LogP contribution in [0.2, 0.25) is 5.02 Å². The van der Waals surface area contributed by atoms with Crippen LogP contribution in [-0.4, -0.2) is 38.3 Å². The van der Waals surface area contributed by atoms with Gasteiger partial charge < -0.3 is 9.27 Å². The molecule has 0 saturated heterocycles. The van der Waals surface area contributed by atoms with Gasteiger partial charge in [0.25, 0.3) is 0 Å². The van der Waals surface area contributed by atoms with E-state index in [1.54, 1.807) is 0 Å². The van der Waals surface area contributed by atoms with Gasteiger partial charge in [-0.25, -0.2) is 4.39 Å². The molecular formula is C6H4ClFNNaO2S-. The summed E-state index contributed by atoms with van der Waals surface area (Å²) in [4.78, 5) is 0. The zero-order valence-electron chi connectivity index (χ0n) is 6.71. The van der Waals surface area contributed by atoms with Gasteiger partial charge >= 0.3 is 0 Å². The van der Waals surface area contributed by atoms with E-state index in [2.05, 4.69) is 0 Å². The monoisotopic (exact) mass is 231 g/mol. The van der Waals surface area contributed by atoms with Crippen molar-refractivity contribution >= 4 is 58.1 Å². The molecule has 1 rings (SSSR count). The molecule has 13 heavy (non-hydrogen) atoms. The van der Waals surface area contributed by atoms with E-state index in [9.17, 15) is 13.2 Å². The van der Waals surface area contributed by atoms with Crippen LogP contribution >= 0.6 is 11.6 Å². The average molecular weight is 232 g/mol. The van der Waals surface area contributed by atoms with Crippen LogP contribution < -0.4 is 4.72 Å². The smallest absolute Gasteiger partial charge is 0.148 e. The summed E-state index contributed by atoms with van der Waals surface area (Å²) in [5, 5.41) is 0.217. The Bertz CT molecular complexity index is 326. The van der Waals surface area contributed by atoms with E-state index < -0.39 is 17.1 Å². The van der Waals surface area contributed by atoms with Crippen molar-refractivity contribution in [1.29, 1.82) is 0 Å².